The second-order valence-electron chi connectivity index (χ2n) is 5.29. The van der Waals surface area contributed by atoms with E-state index in [4.69, 9.17) is 16.7 Å². The Balaban J connectivity index is 2.83. The molecule has 1 atom stereocenters. The summed E-state index contributed by atoms with van der Waals surface area (Å²) in [6.45, 7) is 4.99. The van der Waals surface area contributed by atoms with Gasteiger partial charge in [0.25, 0.3) is 5.91 Å². The van der Waals surface area contributed by atoms with Crippen LogP contribution < -0.4 is 10.6 Å². The van der Waals surface area contributed by atoms with Gasteiger partial charge in [-0.1, -0.05) is 32.4 Å². The predicted octanol–water partition coefficient (Wildman–Crippen LogP) is 2.38. The Bertz CT molecular complexity index is 587. The van der Waals surface area contributed by atoms with Crippen molar-refractivity contribution in [3.05, 3.63) is 28.8 Å². The molecule has 0 fully saturated rings. The number of hydrogen-bond acceptors (Lipinski definition) is 3. The zero-order valence-electron chi connectivity index (χ0n) is 12.6. The summed E-state index contributed by atoms with van der Waals surface area (Å²) in [6.07, 6.45) is 0. The minimum atomic E-state index is -0.996. The SMILES string of the molecule is CC(C)C(=O)Nc1ccc(Cl)c(C(=O)NCC(C)C(=O)O)c1. The maximum absolute atomic E-state index is 12.1. The first-order chi connectivity index (χ1) is 10.2. The highest BCUT2D eigenvalue weighted by molar-refractivity contribution is 6.34. The normalized spacial score (nSPS) is 11.9. The first kappa shape index (κ1) is 18.0. The second-order valence-corrected chi connectivity index (χ2v) is 5.70. The number of benzene rings is 1. The maximum Gasteiger partial charge on any atom is 0.308 e. The number of nitrogens with one attached hydrogen (secondary N) is 2. The molecule has 1 aromatic carbocycles. The summed E-state index contributed by atoms with van der Waals surface area (Å²) in [7, 11) is 0. The van der Waals surface area contributed by atoms with Gasteiger partial charge in [-0.15, -0.1) is 0 Å². The Morgan fingerprint density at radius 3 is 2.41 bits per heavy atom. The van der Waals surface area contributed by atoms with Crippen molar-refractivity contribution in [2.45, 2.75) is 20.8 Å². The van der Waals surface area contributed by atoms with E-state index >= 15 is 0 Å². The number of aliphatic carboxylic acids is 1. The van der Waals surface area contributed by atoms with Crippen LogP contribution in [0, 0.1) is 11.8 Å². The molecule has 22 heavy (non-hydrogen) atoms. The fourth-order valence-corrected chi connectivity index (χ4v) is 1.70. The maximum atomic E-state index is 12.1. The molecular weight excluding hydrogens is 308 g/mol. The van der Waals surface area contributed by atoms with Gasteiger partial charge in [-0.3, -0.25) is 14.4 Å². The number of carbonyl (C=O) groups excluding carboxylic acids is 2. The molecule has 7 heteroatoms. The van der Waals surface area contributed by atoms with Crippen LogP contribution in [0.3, 0.4) is 0 Å². The van der Waals surface area contributed by atoms with Crippen molar-refractivity contribution in [2.24, 2.45) is 11.8 Å². The Hall–Kier alpha value is -2.08. The number of carbonyl (C=O) groups is 3. The summed E-state index contributed by atoms with van der Waals surface area (Å²) in [5, 5.41) is 14.2. The van der Waals surface area contributed by atoms with Gasteiger partial charge in [-0.25, -0.2) is 0 Å². The fourth-order valence-electron chi connectivity index (χ4n) is 1.49. The standard InChI is InChI=1S/C15H19ClN2O4/c1-8(2)13(19)18-10-4-5-12(16)11(6-10)14(20)17-7-9(3)15(21)22/h4-6,8-9H,7H2,1-3H3,(H,17,20)(H,18,19)(H,21,22). The Labute approximate surface area is 133 Å². The molecule has 1 rings (SSSR count). The largest absolute Gasteiger partial charge is 0.481 e. The van der Waals surface area contributed by atoms with Crippen molar-refractivity contribution in [2.75, 3.05) is 11.9 Å². The third-order valence-corrected chi connectivity index (χ3v) is 3.32. The molecule has 0 saturated carbocycles. The van der Waals surface area contributed by atoms with Crippen LogP contribution in [-0.4, -0.2) is 29.4 Å². The van der Waals surface area contributed by atoms with Crippen molar-refractivity contribution in [1.82, 2.24) is 5.32 Å². The molecule has 0 heterocycles. The van der Waals surface area contributed by atoms with Gasteiger partial charge in [-0.05, 0) is 18.2 Å². The fraction of sp³-hybridized carbons (Fsp3) is 0.400. The van der Waals surface area contributed by atoms with Crippen LogP contribution in [0.2, 0.25) is 5.02 Å². The summed E-state index contributed by atoms with van der Waals surface area (Å²) in [6, 6.07) is 4.57. The van der Waals surface area contributed by atoms with Crippen molar-refractivity contribution in [3.8, 4) is 0 Å². The molecule has 0 bridgehead atoms. The molecule has 0 saturated heterocycles. The smallest absolute Gasteiger partial charge is 0.308 e. The molecular formula is C15H19ClN2O4. The average molecular weight is 327 g/mol. The molecule has 6 nitrogen and oxygen atoms in total. The highest BCUT2D eigenvalue weighted by Crippen LogP contribution is 2.21. The third-order valence-electron chi connectivity index (χ3n) is 2.99. The predicted molar refractivity (Wildman–Crippen MR) is 84.1 cm³/mol. The van der Waals surface area contributed by atoms with Gasteiger partial charge >= 0.3 is 5.97 Å². The van der Waals surface area contributed by atoms with E-state index in [0.717, 1.165) is 0 Å². The lowest BCUT2D eigenvalue weighted by molar-refractivity contribution is -0.140. The van der Waals surface area contributed by atoms with Crippen LogP contribution in [0.15, 0.2) is 18.2 Å². The number of anilines is 1. The summed E-state index contributed by atoms with van der Waals surface area (Å²) in [4.78, 5) is 34.5. The van der Waals surface area contributed by atoms with E-state index in [-0.39, 0.29) is 29.0 Å². The minimum Gasteiger partial charge on any atom is -0.481 e. The lowest BCUT2D eigenvalue weighted by Gasteiger charge is -2.12. The van der Waals surface area contributed by atoms with E-state index in [9.17, 15) is 14.4 Å². The van der Waals surface area contributed by atoms with E-state index in [1.165, 1.54) is 19.1 Å². The van der Waals surface area contributed by atoms with E-state index in [1.54, 1.807) is 19.9 Å². The molecule has 1 unspecified atom stereocenters. The highest BCUT2D eigenvalue weighted by atomic mass is 35.5. The van der Waals surface area contributed by atoms with E-state index < -0.39 is 17.8 Å². The molecule has 2 amide bonds. The monoisotopic (exact) mass is 326 g/mol. The zero-order chi connectivity index (χ0) is 16.9. The van der Waals surface area contributed by atoms with Gasteiger partial charge in [0.15, 0.2) is 0 Å². The Morgan fingerprint density at radius 1 is 1.23 bits per heavy atom. The number of hydrogen-bond donors (Lipinski definition) is 3. The van der Waals surface area contributed by atoms with Gasteiger partial charge in [0.1, 0.15) is 0 Å². The quantitative estimate of drug-likeness (QED) is 0.748. The lowest BCUT2D eigenvalue weighted by Crippen LogP contribution is -2.31. The first-order valence-electron chi connectivity index (χ1n) is 6.83. The molecule has 0 radical (unpaired) electrons. The van der Waals surface area contributed by atoms with Gasteiger partial charge < -0.3 is 15.7 Å². The highest BCUT2D eigenvalue weighted by Gasteiger charge is 2.16. The van der Waals surface area contributed by atoms with Crippen molar-refractivity contribution < 1.29 is 19.5 Å². The van der Waals surface area contributed by atoms with Crippen LogP contribution in [0.4, 0.5) is 5.69 Å². The topological polar surface area (TPSA) is 95.5 Å². The molecule has 0 aromatic heterocycles. The summed E-state index contributed by atoms with van der Waals surface area (Å²) in [5.41, 5.74) is 0.639. The molecule has 0 aliphatic rings. The van der Waals surface area contributed by atoms with Crippen LogP contribution in [0.1, 0.15) is 31.1 Å². The number of carboxylic acids is 1. The number of amides is 2. The number of rotatable bonds is 6. The van der Waals surface area contributed by atoms with Gasteiger partial charge in [0.05, 0.1) is 16.5 Å². The molecule has 0 spiro atoms. The molecule has 3 N–H and O–H groups in total. The molecule has 120 valence electrons. The third kappa shape index (κ3) is 5.04. The zero-order valence-corrected chi connectivity index (χ0v) is 13.4. The van der Waals surface area contributed by atoms with E-state index in [2.05, 4.69) is 10.6 Å². The molecule has 1 aromatic rings. The summed E-state index contributed by atoms with van der Waals surface area (Å²) >= 11 is 5.98. The summed E-state index contributed by atoms with van der Waals surface area (Å²) in [5.74, 6) is -2.55. The van der Waals surface area contributed by atoms with Gasteiger partial charge in [0.2, 0.25) is 5.91 Å². The molecule has 0 aliphatic heterocycles. The summed E-state index contributed by atoms with van der Waals surface area (Å²) < 4.78 is 0. The average Bonchev–Trinajstić information content (AvgIpc) is 2.45. The first-order valence-corrected chi connectivity index (χ1v) is 7.21. The van der Waals surface area contributed by atoms with Crippen LogP contribution in [-0.2, 0) is 9.59 Å². The minimum absolute atomic E-state index is 0.00687. The lowest BCUT2D eigenvalue weighted by atomic mass is 10.1. The van der Waals surface area contributed by atoms with Crippen molar-refractivity contribution >= 4 is 35.1 Å². The van der Waals surface area contributed by atoms with Gasteiger partial charge in [-0.2, -0.15) is 0 Å². The molecule has 0 aliphatic carbocycles. The van der Waals surface area contributed by atoms with Crippen LogP contribution in [0.25, 0.3) is 0 Å². The van der Waals surface area contributed by atoms with E-state index in [0.29, 0.717) is 5.69 Å². The number of carboxylic acid groups (broad SMARTS) is 1. The second kappa shape index (κ2) is 7.79. The van der Waals surface area contributed by atoms with Crippen molar-refractivity contribution in [3.63, 3.8) is 0 Å². The Morgan fingerprint density at radius 2 is 1.86 bits per heavy atom. The van der Waals surface area contributed by atoms with Crippen LogP contribution >= 0.6 is 11.6 Å². The van der Waals surface area contributed by atoms with Gasteiger partial charge in [0, 0.05) is 18.2 Å². The number of halogens is 1. The van der Waals surface area contributed by atoms with E-state index in [1.807, 2.05) is 0 Å². The van der Waals surface area contributed by atoms with Crippen molar-refractivity contribution in [1.29, 1.82) is 0 Å². The van der Waals surface area contributed by atoms with Crippen LogP contribution in [0.5, 0.6) is 0 Å². The Kier molecular flexibility index (Phi) is 6.37.